The van der Waals surface area contributed by atoms with E-state index in [1.807, 2.05) is 91.0 Å². The molecule has 3 aromatic carbocycles. The van der Waals surface area contributed by atoms with Crippen LogP contribution in [0.3, 0.4) is 0 Å². The van der Waals surface area contributed by atoms with Gasteiger partial charge >= 0.3 is 5.97 Å². The standard InChI is InChI=1S/C21H17O2/c22-21(23-16-17-10-4-1-5-11-17)20(18-12-6-2-7-13-18)19-14-8-3-9-15-19/h1-15H,16H2. The lowest BCUT2D eigenvalue weighted by molar-refractivity contribution is -0.141. The van der Waals surface area contributed by atoms with Crippen LogP contribution < -0.4 is 0 Å². The molecule has 0 saturated carbocycles. The van der Waals surface area contributed by atoms with Crippen molar-refractivity contribution < 1.29 is 9.53 Å². The Morgan fingerprint density at radius 2 is 1.09 bits per heavy atom. The first-order chi connectivity index (χ1) is 11.3. The third kappa shape index (κ3) is 3.86. The molecular weight excluding hydrogens is 284 g/mol. The van der Waals surface area contributed by atoms with Crippen LogP contribution in [-0.2, 0) is 16.1 Å². The van der Waals surface area contributed by atoms with Crippen LogP contribution in [0.15, 0.2) is 91.0 Å². The fourth-order valence-corrected chi connectivity index (χ4v) is 2.41. The summed E-state index contributed by atoms with van der Waals surface area (Å²) in [5.74, 6) is 0.272. The number of esters is 1. The minimum absolute atomic E-state index is 0.267. The lowest BCUT2D eigenvalue weighted by Gasteiger charge is -2.16. The maximum atomic E-state index is 12.7. The summed E-state index contributed by atoms with van der Waals surface area (Å²) in [6.07, 6.45) is 0. The van der Waals surface area contributed by atoms with Gasteiger partial charge in [0, 0.05) is 0 Å². The molecule has 0 unspecified atom stereocenters. The van der Waals surface area contributed by atoms with Crippen molar-refractivity contribution in [2.45, 2.75) is 6.61 Å². The normalized spacial score (nSPS) is 10.5. The number of carbonyl (C=O) groups excluding carboxylic acids is 1. The highest BCUT2D eigenvalue weighted by atomic mass is 16.5. The molecule has 0 saturated heterocycles. The quantitative estimate of drug-likeness (QED) is 0.653. The minimum atomic E-state index is -0.314. The Labute approximate surface area is 136 Å². The molecule has 3 rings (SSSR count). The molecule has 0 aromatic heterocycles. The molecule has 0 aliphatic rings. The van der Waals surface area contributed by atoms with Gasteiger partial charge in [-0.15, -0.1) is 0 Å². The lowest BCUT2D eigenvalue weighted by atomic mass is 9.91. The Hall–Kier alpha value is -2.87. The molecular formula is C21H17O2. The molecule has 0 N–H and O–H groups in total. The van der Waals surface area contributed by atoms with Crippen LogP contribution in [0.5, 0.6) is 0 Å². The molecule has 3 aromatic rings. The van der Waals surface area contributed by atoms with Crippen molar-refractivity contribution in [2.24, 2.45) is 0 Å². The van der Waals surface area contributed by atoms with Crippen molar-refractivity contribution in [1.29, 1.82) is 0 Å². The summed E-state index contributed by atoms with van der Waals surface area (Å²) in [6.45, 7) is 0.267. The predicted octanol–water partition coefficient (Wildman–Crippen LogP) is 4.40. The topological polar surface area (TPSA) is 26.3 Å². The van der Waals surface area contributed by atoms with Crippen LogP contribution in [0.25, 0.3) is 0 Å². The van der Waals surface area contributed by atoms with Crippen molar-refractivity contribution in [1.82, 2.24) is 0 Å². The highest BCUT2D eigenvalue weighted by molar-refractivity contribution is 5.94. The van der Waals surface area contributed by atoms with Crippen LogP contribution in [0.2, 0.25) is 0 Å². The lowest BCUT2D eigenvalue weighted by Crippen LogP contribution is -2.18. The van der Waals surface area contributed by atoms with Crippen molar-refractivity contribution in [3.05, 3.63) is 114 Å². The van der Waals surface area contributed by atoms with E-state index in [0.29, 0.717) is 5.92 Å². The van der Waals surface area contributed by atoms with E-state index < -0.39 is 0 Å². The molecule has 0 aliphatic heterocycles. The molecule has 2 heteroatoms. The summed E-state index contributed by atoms with van der Waals surface area (Å²) in [5.41, 5.74) is 2.69. The molecule has 23 heavy (non-hydrogen) atoms. The first-order valence-electron chi connectivity index (χ1n) is 7.53. The van der Waals surface area contributed by atoms with Gasteiger partial charge in [0.2, 0.25) is 0 Å². The molecule has 0 fully saturated rings. The summed E-state index contributed by atoms with van der Waals surface area (Å²) >= 11 is 0. The van der Waals surface area contributed by atoms with Gasteiger partial charge < -0.3 is 4.74 Å². The SMILES string of the molecule is O=C(OCc1ccccc1)[C](c1ccccc1)c1ccccc1. The molecule has 0 amide bonds. The Bertz CT molecular complexity index is 697. The van der Waals surface area contributed by atoms with Gasteiger partial charge in [0.1, 0.15) is 12.5 Å². The summed E-state index contributed by atoms with van der Waals surface area (Å²) in [6, 6.07) is 28.9. The molecule has 0 heterocycles. The summed E-state index contributed by atoms with van der Waals surface area (Å²) in [4.78, 5) is 12.7. The first-order valence-corrected chi connectivity index (χ1v) is 7.53. The summed E-state index contributed by atoms with van der Waals surface area (Å²) in [7, 11) is 0. The number of ether oxygens (including phenoxy) is 1. The first kappa shape index (κ1) is 15.0. The molecule has 0 atom stereocenters. The zero-order chi connectivity index (χ0) is 15.9. The maximum absolute atomic E-state index is 12.7. The number of carbonyl (C=O) groups is 1. The predicted molar refractivity (Wildman–Crippen MR) is 90.6 cm³/mol. The second-order valence-electron chi connectivity index (χ2n) is 5.17. The van der Waals surface area contributed by atoms with Gasteiger partial charge in [-0.3, -0.25) is 4.79 Å². The van der Waals surface area contributed by atoms with Gasteiger partial charge in [-0.1, -0.05) is 91.0 Å². The fraction of sp³-hybridized carbons (Fsp3) is 0.0476. The smallest absolute Gasteiger partial charge is 0.323 e. The van der Waals surface area contributed by atoms with Crippen LogP contribution >= 0.6 is 0 Å². The van der Waals surface area contributed by atoms with Gasteiger partial charge in [-0.25, -0.2) is 0 Å². The Morgan fingerprint density at radius 1 is 0.652 bits per heavy atom. The van der Waals surface area contributed by atoms with E-state index in [-0.39, 0.29) is 12.6 Å². The second-order valence-corrected chi connectivity index (χ2v) is 5.17. The van der Waals surface area contributed by atoms with Crippen molar-refractivity contribution >= 4 is 5.97 Å². The maximum Gasteiger partial charge on any atom is 0.323 e. The van der Waals surface area contributed by atoms with Crippen molar-refractivity contribution in [2.75, 3.05) is 0 Å². The molecule has 0 aliphatic carbocycles. The molecule has 113 valence electrons. The van der Waals surface area contributed by atoms with Crippen molar-refractivity contribution in [3.63, 3.8) is 0 Å². The number of hydrogen-bond donors (Lipinski definition) is 0. The summed E-state index contributed by atoms with van der Waals surface area (Å²) in [5, 5.41) is 0. The van der Waals surface area contributed by atoms with Gasteiger partial charge in [0.05, 0.1) is 0 Å². The zero-order valence-corrected chi connectivity index (χ0v) is 12.7. The number of hydrogen-bond acceptors (Lipinski definition) is 2. The van der Waals surface area contributed by atoms with Crippen LogP contribution in [-0.4, -0.2) is 5.97 Å². The minimum Gasteiger partial charge on any atom is -0.460 e. The average molecular weight is 301 g/mol. The monoisotopic (exact) mass is 301 g/mol. The second kappa shape index (κ2) is 7.41. The third-order valence-corrected chi connectivity index (χ3v) is 3.54. The van der Waals surface area contributed by atoms with Crippen LogP contribution in [0, 0.1) is 5.92 Å². The highest BCUT2D eigenvalue weighted by Crippen LogP contribution is 2.25. The van der Waals surface area contributed by atoms with E-state index in [4.69, 9.17) is 4.74 Å². The van der Waals surface area contributed by atoms with E-state index in [0.717, 1.165) is 16.7 Å². The summed E-state index contributed by atoms with van der Waals surface area (Å²) < 4.78 is 5.52. The molecule has 2 nitrogen and oxygen atoms in total. The van der Waals surface area contributed by atoms with E-state index in [1.165, 1.54) is 0 Å². The van der Waals surface area contributed by atoms with Crippen LogP contribution in [0.4, 0.5) is 0 Å². The van der Waals surface area contributed by atoms with Crippen molar-refractivity contribution in [3.8, 4) is 0 Å². The third-order valence-electron chi connectivity index (χ3n) is 3.54. The van der Waals surface area contributed by atoms with E-state index in [1.54, 1.807) is 0 Å². The van der Waals surface area contributed by atoms with E-state index in [9.17, 15) is 4.79 Å². The molecule has 0 bridgehead atoms. The number of rotatable bonds is 5. The Kier molecular flexibility index (Phi) is 4.85. The average Bonchev–Trinajstić information content (AvgIpc) is 2.63. The molecule has 1 radical (unpaired) electrons. The fourth-order valence-electron chi connectivity index (χ4n) is 2.41. The van der Waals surface area contributed by atoms with E-state index >= 15 is 0 Å². The largest absolute Gasteiger partial charge is 0.460 e. The Balaban J connectivity index is 1.82. The van der Waals surface area contributed by atoms with Gasteiger partial charge in [-0.05, 0) is 16.7 Å². The Morgan fingerprint density at radius 3 is 1.57 bits per heavy atom. The number of benzene rings is 3. The van der Waals surface area contributed by atoms with Gasteiger partial charge in [-0.2, -0.15) is 0 Å². The zero-order valence-electron chi connectivity index (χ0n) is 12.7. The van der Waals surface area contributed by atoms with Gasteiger partial charge in [0.25, 0.3) is 0 Å². The van der Waals surface area contributed by atoms with Crippen LogP contribution in [0.1, 0.15) is 16.7 Å². The van der Waals surface area contributed by atoms with Gasteiger partial charge in [0.15, 0.2) is 0 Å². The molecule has 0 spiro atoms. The van der Waals surface area contributed by atoms with E-state index in [2.05, 4.69) is 0 Å². The highest BCUT2D eigenvalue weighted by Gasteiger charge is 2.25.